The van der Waals surface area contributed by atoms with Gasteiger partial charge in [-0.25, -0.2) is 4.39 Å². The first-order valence-corrected chi connectivity index (χ1v) is 10.6. The van der Waals surface area contributed by atoms with Crippen LogP contribution in [-0.4, -0.2) is 59.3 Å². The molecule has 2 radical (unpaired) electrons. The molecule has 34 heavy (non-hydrogen) atoms. The summed E-state index contributed by atoms with van der Waals surface area (Å²) in [5, 5.41) is 18.5. The van der Waals surface area contributed by atoms with E-state index in [1.807, 2.05) is 6.07 Å². The number of amides is 1. The highest BCUT2D eigenvalue weighted by Crippen LogP contribution is 2.36. The van der Waals surface area contributed by atoms with Crippen molar-refractivity contribution in [3.63, 3.8) is 0 Å². The summed E-state index contributed by atoms with van der Waals surface area (Å²) in [6.45, 7) is 0.611. The third-order valence-corrected chi connectivity index (χ3v) is 5.86. The zero-order valence-electron chi connectivity index (χ0n) is 18.3. The van der Waals surface area contributed by atoms with Crippen molar-refractivity contribution >= 4 is 24.7 Å². The maximum atomic E-state index is 15.2. The number of halogens is 1. The van der Waals surface area contributed by atoms with Crippen molar-refractivity contribution in [2.24, 2.45) is 0 Å². The van der Waals surface area contributed by atoms with Crippen LogP contribution in [0.4, 0.5) is 4.39 Å². The van der Waals surface area contributed by atoms with Gasteiger partial charge < -0.3 is 19.5 Å². The summed E-state index contributed by atoms with van der Waals surface area (Å²) >= 11 is 0. The molecule has 2 N–H and O–H groups in total. The van der Waals surface area contributed by atoms with Crippen LogP contribution < -0.4 is 4.74 Å². The van der Waals surface area contributed by atoms with E-state index in [1.54, 1.807) is 37.6 Å². The van der Waals surface area contributed by atoms with Crippen molar-refractivity contribution in [1.29, 1.82) is 0 Å². The number of carbonyl (C=O) groups excluding carboxylic acids is 1. The van der Waals surface area contributed by atoms with Crippen LogP contribution in [0.5, 0.6) is 5.75 Å². The van der Waals surface area contributed by atoms with Gasteiger partial charge in [-0.05, 0) is 41.5 Å². The molecule has 2 aromatic heterocycles. The van der Waals surface area contributed by atoms with Crippen molar-refractivity contribution in [3.8, 4) is 16.9 Å². The molecule has 1 unspecified atom stereocenters. The molecule has 0 bridgehead atoms. The van der Waals surface area contributed by atoms with Gasteiger partial charge in [0.2, 0.25) is 0 Å². The summed E-state index contributed by atoms with van der Waals surface area (Å²) < 4.78 is 25.9. The van der Waals surface area contributed by atoms with Gasteiger partial charge in [-0.15, -0.1) is 0 Å². The van der Waals surface area contributed by atoms with Crippen molar-refractivity contribution in [2.45, 2.75) is 12.2 Å². The van der Waals surface area contributed by atoms with Gasteiger partial charge in [-0.2, -0.15) is 5.10 Å². The Morgan fingerprint density at radius 1 is 1.21 bits per heavy atom. The van der Waals surface area contributed by atoms with Crippen LogP contribution in [0, 0.1) is 5.82 Å². The van der Waals surface area contributed by atoms with E-state index in [9.17, 15) is 9.90 Å². The molecule has 1 aliphatic heterocycles. The van der Waals surface area contributed by atoms with Crippen molar-refractivity contribution in [3.05, 3.63) is 77.5 Å². The third kappa shape index (κ3) is 3.61. The predicted octanol–water partition coefficient (Wildman–Crippen LogP) is 2.72. The Labute approximate surface area is 195 Å². The molecule has 4 aromatic rings. The number of pyridine rings is 1. The highest BCUT2D eigenvalue weighted by molar-refractivity contribution is 6.19. The minimum Gasteiger partial charge on any atom is -0.489 e. The lowest BCUT2D eigenvalue weighted by Crippen LogP contribution is -2.44. The number of methoxy groups -OCH3 is 1. The fraction of sp³-hybridized carbons (Fsp3) is 0.208. The van der Waals surface area contributed by atoms with Crippen LogP contribution in [0.1, 0.15) is 21.6 Å². The third-order valence-electron chi connectivity index (χ3n) is 5.86. The average Bonchev–Trinajstić information content (AvgIpc) is 3.39. The van der Waals surface area contributed by atoms with Crippen LogP contribution in [-0.2, 0) is 16.9 Å². The number of rotatable bonds is 7. The number of hydrogen-bond acceptors (Lipinski definition) is 6. The van der Waals surface area contributed by atoms with Gasteiger partial charge in [0.05, 0.1) is 30.6 Å². The molecule has 0 fully saturated rings. The molecule has 10 heteroatoms. The molecule has 3 heterocycles. The average molecular weight is 458 g/mol. The maximum absolute atomic E-state index is 15.2. The number of benzene rings is 2. The molecule has 1 aliphatic rings. The Balaban J connectivity index is 1.43. The number of aliphatic hydroxyl groups is 1. The van der Waals surface area contributed by atoms with Crippen molar-refractivity contribution in [2.75, 3.05) is 20.3 Å². The minimum atomic E-state index is -2.12. The molecule has 0 spiro atoms. The van der Waals surface area contributed by atoms with Crippen molar-refractivity contribution in [1.82, 2.24) is 20.1 Å². The van der Waals surface area contributed by atoms with E-state index in [4.69, 9.17) is 17.3 Å². The van der Waals surface area contributed by atoms with E-state index in [1.165, 1.54) is 18.3 Å². The van der Waals surface area contributed by atoms with Gasteiger partial charge in [0.15, 0.2) is 7.85 Å². The molecule has 2 aromatic carbocycles. The fourth-order valence-electron chi connectivity index (χ4n) is 4.12. The highest BCUT2D eigenvalue weighted by atomic mass is 19.1. The quantitative estimate of drug-likeness (QED) is 0.326. The van der Waals surface area contributed by atoms with E-state index in [2.05, 4.69) is 15.2 Å². The van der Waals surface area contributed by atoms with E-state index in [0.717, 1.165) is 15.8 Å². The molecule has 170 valence electrons. The maximum Gasteiger partial charge on any atom is 0.258 e. The smallest absolute Gasteiger partial charge is 0.258 e. The lowest BCUT2D eigenvalue weighted by atomic mass is 9.87. The monoisotopic (exact) mass is 458 g/mol. The van der Waals surface area contributed by atoms with Crippen LogP contribution >= 0.6 is 0 Å². The fourth-order valence-corrected chi connectivity index (χ4v) is 4.12. The van der Waals surface area contributed by atoms with Crippen LogP contribution in [0.25, 0.3) is 22.0 Å². The summed E-state index contributed by atoms with van der Waals surface area (Å²) in [4.78, 5) is 17.8. The Bertz CT molecular complexity index is 1390. The van der Waals surface area contributed by atoms with Gasteiger partial charge in [-0.3, -0.25) is 14.9 Å². The van der Waals surface area contributed by atoms with E-state index >= 15 is 4.39 Å². The number of nitrogens with one attached hydrogen (secondary N) is 1. The Morgan fingerprint density at radius 3 is 2.82 bits per heavy atom. The summed E-state index contributed by atoms with van der Waals surface area (Å²) in [7, 11) is 7.59. The summed E-state index contributed by atoms with van der Waals surface area (Å²) in [5.41, 5.74) is 0.400. The number of fused-ring (bicyclic) bond motifs is 2. The number of aromatic nitrogens is 3. The molecule has 1 atom stereocenters. The van der Waals surface area contributed by atoms with Gasteiger partial charge >= 0.3 is 0 Å². The number of H-pyrrole nitrogens is 1. The lowest BCUT2D eigenvalue weighted by Gasteiger charge is -2.31. The Kier molecular flexibility index (Phi) is 5.55. The van der Waals surface area contributed by atoms with E-state index in [-0.39, 0.29) is 23.4 Å². The second-order valence-corrected chi connectivity index (χ2v) is 7.93. The molecule has 1 amide bonds. The first-order chi connectivity index (χ1) is 16.4. The molecule has 0 saturated carbocycles. The Morgan fingerprint density at radius 2 is 2.06 bits per heavy atom. The number of nitrogens with zero attached hydrogens (tertiary/aromatic N) is 3. The first-order valence-electron chi connectivity index (χ1n) is 10.6. The van der Waals surface area contributed by atoms with Crippen LogP contribution in [0.3, 0.4) is 0 Å². The SMILES string of the molecule is [B]C1(O)c2ncccc2C(=O)N1Cc1ccc(-c2ccc(OCCOC)c3[nH]ncc23)cc1F. The number of carbonyl (C=O) groups is 1. The molecule has 0 aliphatic carbocycles. The normalized spacial score (nSPS) is 17.4. The first kappa shape index (κ1) is 22.1. The molecule has 8 nitrogen and oxygen atoms in total. The predicted molar refractivity (Wildman–Crippen MR) is 123 cm³/mol. The summed E-state index contributed by atoms with van der Waals surface area (Å²) in [6.07, 6.45) is 3.09. The standard InChI is InChI=1S/C24H20BFN4O4/c1-33-9-10-34-20-7-6-16(18-12-28-29-21(18)20)14-4-5-15(19(26)11-14)13-30-23(31)17-3-2-8-27-22(17)24(30,25)32/h2-8,11-12,32H,9-10,13H2,1H3,(H,28,29). The Hall–Kier alpha value is -3.76. The number of ether oxygens (including phenoxy) is 2. The molecule has 5 rings (SSSR count). The van der Waals surface area contributed by atoms with Crippen LogP contribution in [0.15, 0.2) is 54.9 Å². The second kappa shape index (κ2) is 8.55. The number of aromatic amines is 1. The topological polar surface area (TPSA) is 101 Å². The van der Waals surface area contributed by atoms with E-state index in [0.29, 0.717) is 30.0 Å². The van der Waals surface area contributed by atoms with Crippen molar-refractivity contribution < 1.29 is 23.8 Å². The van der Waals surface area contributed by atoms with Gasteiger partial charge in [-0.1, -0.05) is 12.1 Å². The lowest BCUT2D eigenvalue weighted by molar-refractivity contribution is -0.0227. The zero-order chi connectivity index (χ0) is 23.9. The molecule has 0 saturated heterocycles. The van der Waals surface area contributed by atoms with E-state index < -0.39 is 17.3 Å². The van der Waals surface area contributed by atoms with Gasteiger partial charge in [0, 0.05) is 24.3 Å². The molecular weight excluding hydrogens is 438 g/mol. The second-order valence-electron chi connectivity index (χ2n) is 7.93. The summed E-state index contributed by atoms with van der Waals surface area (Å²) in [6, 6.07) is 11.4. The highest BCUT2D eigenvalue weighted by Gasteiger charge is 2.45. The van der Waals surface area contributed by atoms with Crippen LogP contribution in [0.2, 0.25) is 0 Å². The summed E-state index contributed by atoms with van der Waals surface area (Å²) in [5.74, 6) is -0.434. The van der Waals surface area contributed by atoms with Gasteiger partial charge in [0.25, 0.3) is 5.91 Å². The number of hydrogen-bond donors (Lipinski definition) is 2. The van der Waals surface area contributed by atoms with Gasteiger partial charge in [0.1, 0.15) is 29.3 Å². The minimum absolute atomic E-state index is 0.0483. The molecular formula is C24H20BFN4O4. The largest absolute Gasteiger partial charge is 0.489 e. The zero-order valence-corrected chi connectivity index (χ0v) is 18.3.